The molecule has 0 bridgehead atoms. The lowest BCUT2D eigenvalue weighted by molar-refractivity contribution is 1.33. The van der Waals surface area contributed by atoms with Crippen LogP contribution in [0.5, 0.6) is 0 Å². The Kier molecular flexibility index (Phi) is 2.82. The first-order chi connectivity index (χ1) is 6.59. The highest BCUT2D eigenvalue weighted by Crippen LogP contribution is 2.32. The van der Waals surface area contributed by atoms with Crippen molar-refractivity contribution in [3.63, 3.8) is 0 Å². The van der Waals surface area contributed by atoms with Crippen LogP contribution in [0.2, 0.25) is 5.02 Å². The average molecular weight is 335 g/mol. The van der Waals surface area contributed by atoms with Crippen molar-refractivity contribution in [3.05, 3.63) is 37.9 Å². The van der Waals surface area contributed by atoms with Crippen molar-refractivity contribution in [2.75, 3.05) is 0 Å². The van der Waals surface area contributed by atoms with Crippen LogP contribution in [-0.4, -0.2) is 4.98 Å². The lowest BCUT2D eigenvalue weighted by Gasteiger charge is -2.04. The fourth-order valence-electron chi connectivity index (χ4n) is 1.25. The number of benzene rings is 1. The summed E-state index contributed by atoms with van der Waals surface area (Å²) >= 11 is 13.0. The Labute approximate surface area is 104 Å². The van der Waals surface area contributed by atoms with Gasteiger partial charge in [0.1, 0.15) is 0 Å². The van der Waals surface area contributed by atoms with E-state index in [0.29, 0.717) is 0 Å². The highest BCUT2D eigenvalue weighted by molar-refractivity contribution is 9.13. The molecule has 2 rings (SSSR count). The summed E-state index contributed by atoms with van der Waals surface area (Å²) in [4.78, 5) is 4.31. The minimum absolute atomic E-state index is 0.767. The molecule has 0 saturated carbocycles. The van der Waals surface area contributed by atoms with Crippen molar-refractivity contribution in [1.82, 2.24) is 4.98 Å². The molecule has 0 atom stereocenters. The molecule has 72 valence electrons. The highest BCUT2D eigenvalue weighted by atomic mass is 79.9. The van der Waals surface area contributed by atoms with E-state index in [2.05, 4.69) is 36.8 Å². The minimum atomic E-state index is 0.767. The third-order valence-corrected chi connectivity index (χ3v) is 4.36. The molecule has 4 heteroatoms. The third-order valence-electron chi connectivity index (χ3n) is 2.02. The van der Waals surface area contributed by atoms with E-state index < -0.39 is 0 Å². The quantitative estimate of drug-likeness (QED) is 0.679. The predicted molar refractivity (Wildman–Crippen MR) is 66.9 cm³/mol. The zero-order chi connectivity index (χ0) is 10.3. The summed E-state index contributed by atoms with van der Waals surface area (Å²) in [5, 5.41) is 1.74. The molecule has 14 heavy (non-hydrogen) atoms. The molecule has 0 aliphatic heterocycles. The van der Waals surface area contributed by atoms with Gasteiger partial charge >= 0.3 is 0 Å². The Morgan fingerprint density at radius 1 is 1.21 bits per heavy atom. The Morgan fingerprint density at radius 3 is 2.57 bits per heavy atom. The third kappa shape index (κ3) is 1.69. The van der Waals surface area contributed by atoms with Gasteiger partial charge in [0.05, 0.1) is 10.5 Å². The highest BCUT2D eigenvalue weighted by Gasteiger charge is 2.06. The first-order valence-electron chi connectivity index (χ1n) is 3.99. The summed E-state index contributed by atoms with van der Waals surface area (Å²) in [5.74, 6) is 0. The second kappa shape index (κ2) is 3.80. The minimum Gasteiger partial charge on any atom is -0.256 e. The molecule has 0 amide bonds. The van der Waals surface area contributed by atoms with E-state index in [0.717, 1.165) is 30.4 Å². The molecule has 1 aromatic carbocycles. The maximum atomic E-state index is 6.17. The molecule has 0 saturated heterocycles. The second-order valence-electron chi connectivity index (χ2n) is 3.04. The molecule has 0 radical (unpaired) electrons. The Balaban J connectivity index is 2.89. The fraction of sp³-hybridized carbons (Fsp3) is 0.100. The van der Waals surface area contributed by atoms with Gasteiger partial charge in [-0.2, -0.15) is 0 Å². The molecule has 0 unspecified atom stereocenters. The number of hydrogen-bond donors (Lipinski definition) is 0. The van der Waals surface area contributed by atoms with E-state index in [1.807, 2.05) is 19.1 Å². The van der Waals surface area contributed by atoms with Crippen LogP contribution in [0.1, 0.15) is 5.56 Å². The SMILES string of the molecule is Cc1cnc2cc(Br)c(Br)cc2c1Cl. The van der Waals surface area contributed by atoms with Gasteiger partial charge in [0.2, 0.25) is 0 Å². The summed E-state index contributed by atoms with van der Waals surface area (Å²) < 4.78 is 1.97. The molecule has 1 aromatic heterocycles. The molecule has 0 fully saturated rings. The lowest BCUT2D eigenvalue weighted by atomic mass is 10.2. The van der Waals surface area contributed by atoms with E-state index in [-0.39, 0.29) is 0 Å². The smallest absolute Gasteiger partial charge is 0.0729 e. The zero-order valence-electron chi connectivity index (χ0n) is 7.31. The van der Waals surface area contributed by atoms with Crippen LogP contribution in [0, 0.1) is 6.92 Å². The number of nitrogens with zero attached hydrogens (tertiary/aromatic N) is 1. The van der Waals surface area contributed by atoms with Gasteiger partial charge in [-0.05, 0) is 56.5 Å². The number of fused-ring (bicyclic) bond motifs is 1. The summed E-state index contributed by atoms with van der Waals surface area (Å²) in [6.07, 6.45) is 1.78. The molecule has 0 spiro atoms. The van der Waals surface area contributed by atoms with Gasteiger partial charge in [0, 0.05) is 20.5 Å². The van der Waals surface area contributed by atoms with E-state index in [1.54, 1.807) is 6.20 Å². The summed E-state index contributed by atoms with van der Waals surface area (Å²) in [5.41, 5.74) is 1.89. The van der Waals surface area contributed by atoms with E-state index in [1.165, 1.54) is 0 Å². The van der Waals surface area contributed by atoms with Crippen molar-refractivity contribution in [2.24, 2.45) is 0 Å². The molecule has 0 N–H and O–H groups in total. The fourth-order valence-corrected chi connectivity index (χ4v) is 2.13. The van der Waals surface area contributed by atoms with E-state index in [4.69, 9.17) is 11.6 Å². The number of aryl methyl sites for hydroxylation is 1. The van der Waals surface area contributed by atoms with Crippen LogP contribution in [0.25, 0.3) is 10.9 Å². The van der Waals surface area contributed by atoms with Gasteiger partial charge in [-0.3, -0.25) is 4.98 Å². The van der Waals surface area contributed by atoms with Gasteiger partial charge in [-0.15, -0.1) is 0 Å². The van der Waals surface area contributed by atoms with Gasteiger partial charge in [0.15, 0.2) is 0 Å². The van der Waals surface area contributed by atoms with Crippen molar-refractivity contribution in [2.45, 2.75) is 6.92 Å². The normalized spacial score (nSPS) is 10.9. The largest absolute Gasteiger partial charge is 0.256 e. The molecule has 1 heterocycles. The predicted octanol–water partition coefficient (Wildman–Crippen LogP) is 4.72. The number of aromatic nitrogens is 1. The lowest BCUT2D eigenvalue weighted by Crippen LogP contribution is -1.84. The van der Waals surface area contributed by atoms with Gasteiger partial charge < -0.3 is 0 Å². The van der Waals surface area contributed by atoms with Crippen LogP contribution in [0.15, 0.2) is 27.3 Å². The van der Waals surface area contributed by atoms with E-state index in [9.17, 15) is 0 Å². The van der Waals surface area contributed by atoms with Gasteiger partial charge in [-0.25, -0.2) is 0 Å². The monoisotopic (exact) mass is 333 g/mol. The maximum Gasteiger partial charge on any atom is 0.0729 e. The van der Waals surface area contributed by atoms with Crippen LogP contribution in [-0.2, 0) is 0 Å². The van der Waals surface area contributed by atoms with Crippen molar-refractivity contribution in [3.8, 4) is 0 Å². The molecule has 2 aromatic rings. The first-order valence-corrected chi connectivity index (χ1v) is 5.96. The summed E-state index contributed by atoms with van der Waals surface area (Å²) in [6, 6.07) is 3.92. The number of halogens is 3. The zero-order valence-corrected chi connectivity index (χ0v) is 11.2. The number of pyridine rings is 1. The maximum absolute atomic E-state index is 6.17. The van der Waals surface area contributed by atoms with Crippen molar-refractivity contribution in [1.29, 1.82) is 0 Å². The Hall–Kier alpha value is -0.120. The van der Waals surface area contributed by atoms with Gasteiger partial charge in [-0.1, -0.05) is 11.6 Å². The average Bonchev–Trinajstić information content (AvgIpc) is 2.15. The number of hydrogen-bond acceptors (Lipinski definition) is 1. The van der Waals surface area contributed by atoms with Crippen LogP contribution in [0.3, 0.4) is 0 Å². The summed E-state index contributed by atoms with van der Waals surface area (Å²) in [6.45, 7) is 1.95. The van der Waals surface area contributed by atoms with E-state index >= 15 is 0 Å². The van der Waals surface area contributed by atoms with Crippen molar-refractivity contribution < 1.29 is 0 Å². The topological polar surface area (TPSA) is 12.9 Å². The molecule has 0 aliphatic rings. The molecular formula is C10H6Br2ClN. The standard InChI is InChI=1S/C10H6Br2ClN/c1-5-4-14-9-3-8(12)7(11)2-6(9)10(5)13/h2-4H,1H3. The first kappa shape index (κ1) is 10.4. The Morgan fingerprint density at radius 2 is 1.86 bits per heavy atom. The van der Waals surface area contributed by atoms with Crippen LogP contribution < -0.4 is 0 Å². The molecule has 1 nitrogen and oxygen atoms in total. The molecule has 0 aliphatic carbocycles. The Bertz CT molecular complexity index is 511. The van der Waals surface area contributed by atoms with Gasteiger partial charge in [0.25, 0.3) is 0 Å². The summed E-state index contributed by atoms with van der Waals surface area (Å²) in [7, 11) is 0. The second-order valence-corrected chi connectivity index (χ2v) is 5.13. The molecular weight excluding hydrogens is 329 g/mol. The number of rotatable bonds is 0. The van der Waals surface area contributed by atoms with Crippen LogP contribution in [0.4, 0.5) is 0 Å². The van der Waals surface area contributed by atoms with Crippen LogP contribution >= 0.6 is 43.5 Å². The van der Waals surface area contributed by atoms with Crippen molar-refractivity contribution >= 4 is 54.4 Å².